The summed E-state index contributed by atoms with van der Waals surface area (Å²) in [6, 6.07) is 0. The molecule has 3 heterocycles. The summed E-state index contributed by atoms with van der Waals surface area (Å²) in [4.78, 5) is 0. The normalized spacial score (nSPS) is 53.5. The maximum atomic E-state index is 6.02. The van der Waals surface area contributed by atoms with Crippen molar-refractivity contribution in [1.82, 2.24) is 0 Å². The molecule has 5 rings (SSSR count). The largest absolute Gasteiger partial charge is 0.373 e. The number of rotatable bonds is 4. The quantitative estimate of drug-likeness (QED) is 0.742. The molecule has 6 atom stereocenters. The van der Waals surface area contributed by atoms with Crippen LogP contribution in [0.2, 0.25) is 0 Å². The lowest BCUT2D eigenvalue weighted by Crippen LogP contribution is -2.42. The van der Waals surface area contributed by atoms with Crippen LogP contribution in [0.1, 0.15) is 38.5 Å². The molecule has 0 radical (unpaired) electrons. The Morgan fingerprint density at radius 1 is 0.773 bits per heavy atom. The van der Waals surface area contributed by atoms with Gasteiger partial charge in [0.1, 0.15) is 6.10 Å². The first kappa shape index (κ1) is 14.2. The van der Waals surface area contributed by atoms with Gasteiger partial charge < -0.3 is 23.7 Å². The third-order valence-corrected chi connectivity index (χ3v) is 6.00. The van der Waals surface area contributed by atoms with Crippen molar-refractivity contribution in [3.8, 4) is 0 Å². The van der Waals surface area contributed by atoms with Crippen LogP contribution in [0, 0.1) is 11.8 Å². The van der Waals surface area contributed by atoms with E-state index in [-0.39, 0.29) is 12.4 Å². The maximum absolute atomic E-state index is 6.02. The molecule has 2 saturated carbocycles. The van der Waals surface area contributed by atoms with E-state index in [9.17, 15) is 0 Å². The molecular formula is C17H26O5. The monoisotopic (exact) mass is 310 g/mol. The molecule has 0 aromatic heterocycles. The third-order valence-electron chi connectivity index (χ3n) is 6.00. The first-order chi connectivity index (χ1) is 10.8. The van der Waals surface area contributed by atoms with Crippen LogP contribution in [0.5, 0.6) is 0 Å². The van der Waals surface area contributed by atoms with Crippen LogP contribution in [0.3, 0.4) is 0 Å². The second-order valence-corrected chi connectivity index (χ2v) is 7.67. The summed E-state index contributed by atoms with van der Waals surface area (Å²) in [7, 11) is 0. The lowest BCUT2D eigenvalue weighted by molar-refractivity contribution is -0.249. The Morgan fingerprint density at radius 3 is 2.23 bits per heavy atom. The Bertz CT molecular complexity index is 408. The smallest absolute Gasteiger partial charge is 0.160 e. The predicted octanol–water partition coefficient (Wildman–Crippen LogP) is 1.88. The number of ether oxygens (including phenoxy) is 5. The van der Waals surface area contributed by atoms with Crippen LogP contribution in [-0.4, -0.2) is 56.6 Å². The summed E-state index contributed by atoms with van der Waals surface area (Å²) in [6.45, 7) is 2.17. The molecule has 2 aliphatic carbocycles. The van der Waals surface area contributed by atoms with E-state index >= 15 is 0 Å². The zero-order valence-corrected chi connectivity index (χ0v) is 13.0. The van der Waals surface area contributed by atoms with Crippen molar-refractivity contribution < 1.29 is 23.7 Å². The van der Waals surface area contributed by atoms with E-state index < -0.39 is 0 Å². The van der Waals surface area contributed by atoms with Crippen molar-refractivity contribution in [2.45, 2.75) is 75.3 Å². The lowest BCUT2D eigenvalue weighted by atomic mass is 9.88. The molecule has 0 spiro atoms. The molecule has 5 fully saturated rings. The Hall–Kier alpha value is -0.200. The van der Waals surface area contributed by atoms with Crippen molar-refractivity contribution >= 4 is 0 Å². The van der Waals surface area contributed by atoms with Crippen LogP contribution in [0.4, 0.5) is 0 Å². The predicted molar refractivity (Wildman–Crippen MR) is 77.4 cm³/mol. The lowest BCUT2D eigenvalue weighted by Gasteiger charge is -2.35. The van der Waals surface area contributed by atoms with E-state index in [0.717, 1.165) is 13.0 Å². The van der Waals surface area contributed by atoms with E-state index in [1.807, 2.05) is 0 Å². The highest BCUT2D eigenvalue weighted by atomic mass is 16.7. The van der Waals surface area contributed by atoms with E-state index in [2.05, 4.69) is 0 Å². The maximum Gasteiger partial charge on any atom is 0.160 e. The van der Waals surface area contributed by atoms with Gasteiger partial charge in [0.15, 0.2) is 6.29 Å². The number of epoxide rings is 2. The molecule has 6 unspecified atom stereocenters. The van der Waals surface area contributed by atoms with Gasteiger partial charge in [0.2, 0.25) is 0 Å². The minimum Gasteiger partial charge on any atom is -0.373 e. The molecular weight excluding hydrogens is 284 g/mol. The van der Waals surface area contributed by atoms with Gasteiger partial charge >= 0.3 is 0 Å². The molecule has 3 saturated heterocycles. The van der Waals surface area contributed by atoms with Crippen LogP contribution < -0.4 is 0 Å². The van der Waals surface area contributed by atoms with Crippen LogP contribution in [0.15, 0.2) is 0 Å². The Labute approximate surface area is 131 Å². The second kappa shape index (κ2) is 5.71. The van der Waals surface area contributed by atoms with Gasteiger partial charge in [-0.2, -0.15) is 0 Å². The first-order valence-electron chi connectivity index (χ1n) is 9.01. The minimum absolute atomic E-state index is 0.0414. The highest BCUT2D eigenvalue weighted by Gasteiger charge is 2.47. The minimum atomic E-state index is -0.0414. The molecule has 0 aromatic carbocycles. The molecule has 5 heteroatoms. The molecule has 5 nitrogen and oxygen atoms in total. The topological polar surface area (TPSA) is 52.8 Å². The molecule has 22 heavy (non-hydrogen) atoms. The zero-order chi connectivity index (χ0) is 14.5. The van der Waals surface area contributed by atoms with Gasteiger partial charge in [-0.15, -0.1) is 0 Å². The summed E-state index contributed by atoms with van der Waals surface area (Å²) in [5.74, 6) is 1.16. The van der Waals surface area contributed by atoms with E-state index in [0.29, 0.717) is 49.5 Å². The summed E-state index contributed by atoms with van der Waals surface area (Å²) < 4.78 is 29.1. The van der Waals surface area contributed by atoms with Gasteiger partial charge in [0.05, 0.1) is 44.2 Å². The summed E-state index contributed by atoms with van der Waals surface area (Å²) in [5.41, 5.74) is 0. The fourth-order valence-electron chi connectivity index (χ4n) is 4.46. The van der Waals surface area contributed by atoms with E-state index in [4.69, 9.17) is 23.7 Å². The van der Waals surface area contributed by atoms with Gasteiger partial charge in [0.25, 0.3) is 0 Å². The van der Waals surface area contributed by atoms with Crippen LogP contribution in [0.25, 0.3) is 0 Å². The second-order valence-electron chi connectivity index (χ2n) is 7.67. The van der Waals surface area contributed by atoms with Crippen LogP contribution >= 0.6 is 0 Å². The number of fused-ring (bicyclic) bond motifs is 2. The molecule has 0 N–H and O–H groups in total. The van der Waals surface area contributed by atoms with Gasteiger partial charge in [-0.05, 0) is 44.4 Å². The molecule has 124 valence electrons. The van der Waals surface area contributed by atoms with Crippen molar-refractivity contribution in [3.05, 3.63) is 0 Å². The average Bonchev–Trinajstić information content (AvgIpc) is 3.45. The SMILES string of the molecule is C1CC2OC2CC1COC1COC(C2CCC3OC3C2)OC1. The summed E-state index contributed by atoms with van der Waals surface area (Å²) in [5, 5.41) is 0. The fraction of sp³-hybridized carbons (Fsp3) is 1.00. The highest BCUT2D eigenvalue weighted by molar-refractivity contribution is 4.93. The van der Waals surface area contributed by atoms with E-state index in [1.54, 1.807) is 0 Å². The number of hydrogen-bond acceptors (Lipinski definition) is 5. The standard InChI is InChI=1S/C17H26O5/c1-3-13-15(21-13)5-10(1)7-18-12-8-19-17(20-9-12)11-2-4-14-16(6-11)22-14/h10-17H,1-9H2. The first-order valence-corrected chi connectivity index (χ1v) is 9.01. The van der Waals surface area contributed by atoms with Crippen molar-refractivity contribution in [2.75, 3.05) is 19.8 Å². The van der Waals surface area contributed by atoms with Gasteiger partial charge in [0, 0.05) is 5.92 Å². The Kier molecular flexibility index (Phi) is 3.68. The van der Waals surface area contributed by atoms with Gasteiger partial charge in [-0.3, -0.25) is 0 Å². The Balaban J connectivity index is 1.03. The van der Waals surface area contributed by atoms with Gasteiger partial charge in [-0.25, -0.2) is 0 Å². The molecule has 3 aliphatic heterocycles. The third kappa shape index (κ3) is 2.94. The summed E-state index contributed by atoms with van der Waals surface area (Å²) in [6.07, 6.45) is 9.26. The van der Waals surface area contributed by atoms with Gasteiger partial charge in [-0.1, -0.05) is 0 Å². The molecule has 5 aliphatic rings. The van der Waals surface area contributed by atoms with Crippen molar-refractivity contribution in [2.24, 2.45) is 11.8 Å². The van der Waals surface area contributed by atoms with Crippen molar-refractivity contribution in [3.63, 3.8) is 0 Å². The molecule has 0 aromatic rings. The molecule has 0 bridgehead atoms. The zero-order valence-electron chi connectivity index (χ0n) is 13.0. The van der Waals surface area contributed by atoms with Crippen molar-refractivity contribution in [1.29, 1.82) is 0 Å². The fourth-order valence-corrected chi connectivity index (χ4v) is 4.46. The van der Waals surface area contributed by atoms with Crippen LogP contribution in [-0.2, 0) is 23.7 Å². The highest BCUT2D eigenvalue weighted by Crippen LogP contribution is 2.42. The average molecular weight is 310 g/mol. The molecule has 0 amide bonds. The number of hydrogen-bond donors (Lipinski definition) is 0. The summed E-state index contributed by atoms with van der Waals surface area (Å²) >= 11 is 0. The van der Waals surface area contributed by atoms with E-state index in [1.165, 1.54) is 32.1 Å². The Morgan fingerprint density at radius 2 is 1.50 bits per heavy atom.